The summed E-state index contributed by atoms with van der Waals surface area (Å²) in [4.78, 5) is 1.31. The van der Waals surface area contributed by atoms with E-state index in [9.17, 15) is 0 Å². The Morgan fingerprint density at radius 3 is 3.07 bits per heavy atom. The quantitative estimate of drug-likeness (QED) is 0.657. The fourth-order valence-electron chi connectivity index (χ4n) is 1.72. The van der Waals surface area contributed by atoms with Crippen LogP contribution in [0, 0.1) is 6.92 Å². The van der Waals surface area contributed by atoms with Gasteiger partial charge in [-0.3, -0.25) is 4.57 Å². The van der Waals surface area contributed by atoms with E-state index in [0.717, 1.165) is 17.4 Å². The van der Waals surface area contributed by atoms with Crippen molar-refractivity contribution in [3.05, 3.63) is 35.9 Å². The predicted octanol–water partition coefficient (Wildman–Crippen LogP) is 2.18. The summed E-state index contributed by atoms with van der Waals surface area (Å²) in [6.45, 7) is 1.99. The van der Waals surface area contributed by atoms with Crippen LogP contribution >= 0.6 is 11.8 Å². The molecule has 1 aliphatic rings. The number of aromatic nitrogens is 3. The molecule has 1 aliphatic heterocycles. The van der Waals surface area contributed by atoms with E-state index in [2.05, 4.69) is 33.0 Å². The molecule has 1 aromatic heterocycles. The average molecular weight is 203 g/mol. The fraction of sp³-hybridized carbons (Fsp3) is 0.200. The Bertz CT molecular complexity index is 490. The number of thioether (sulfide) groups is 1. The van der Waals surface area contributed by atoms with E-state index >= 15 is 0 Å². The van der Waals surface area contributed by atoms with Gasteiger partial charge >= 0.3 is 0 Å². The van der Waals surface area contributed by atoms with Crippen LogP contribution in [-0.2, 0) is 5.75 Å². The molecule has 0 bridgehead atoms. The van der Waals surface area contributed by atoms with Crippen molar-refractivity contribution in [2.75, 3.05) is 0 Å². The van der Waals surface area contributed by atoms with Crippen LogP contribution in [0.15, 0.2) is 29.2 Å². The van der Waals surface area contributed by atoms with E-state index in [4.69, 9.17) is 0 Å². The third-order valence-electron chi connectivity index (χ3n) is 2.35. The molecule has 0 amide bonds. The van der Waals surface area contributed by atoms with Crippen molar-refractivity contribution in [3.63, 3.8) is 0 Å². The topological polar surface area (TPSA) is 30.7 Å². The molecule has 1 aromatic carbocycles. The second-order valence-corrected chi connectivity index (χ2v) is 4.27. The van der Waals surface area contributed by atoms with E-state index in [1.807, 2.05) is 24.8 Å². The highest BCUT2D eigenvalue weighted by Crippen LogP contribution is 2.34. The first-order valence-corrected chi connectivity index (χ1v) is 5.48. The number of aryl methyl sites for hydroxylation is 1. The number of hydrogen-bond acceptors (Lipinski definition) is 3. The van der Waals surface area contributed by atoms with Crippen molar-refractivity contribution >= 4 is 11.8 Å². The normalized spacial score (nSPS) is 13.5. The van der Waals surface area contributed by atoms with Gasteiger partial charge in [-0.2, -0.15) is 0 Å². The van der Waals surface area contributed by atoms with Gasteiger partial charge in [0.1, 0.15) is 11.6 Å². The van der Waals surface area contributed by atoms with Gasteiger partial charge in [0.2, 0.25) is 0 Å². The SMILES string of the molecule is Cc1nnc2n1-c1ccccc1SC2. The first-order valence-electron chi connectivity index (χ1n) is 4.49. The third kappa shape index (κ3) is 1.00. The van der Waals surface area contributed by atoms with Gasteiger partial charge in [-0.05, 0) is 19.1 Å². The first-order chi connectivity index (χ1) is 6.86. The maximum atomic E-state index is 4.15. The van der Waals surface area contributed by atoms with Crippen molar-refractivity contribution in [1.82, 2.24) is 14.8 Å². The zero-order valence-corrected chi connectivity index (χ0v) is 8.58. The number of hydrogen-bond donors (Lipinski definition) is 0. The maximum Gasteiger partial charge on any atom is 0.148 e. The van der Waals surface area contributed by atoms with Gasteiger partial charge in [-0.25, -0.2) is 0 Å². The van der Waals surface area contributed by atoms with Crippen molar-refractivity contribution < 1.29 is 0 Å². The molecule has 4 heteroatoms. The lowest BCUT2D eigenvalue weighted by Gasteiger charge is -2.17. The van der Waals surface area contributed by atoms with Crippen LogP contribution in [0.3, 0.4) is 0 Å². The molecule has 70 valence electrons. The second kappa shape index (κ2) is 2.85. The first kappa shape index (κ1) is 8.05. The van der Waals surface area contributed by atoms with E-state index in [1.165, 1.54) is 10.6 Å². The Morgan fingerprint density at radius 2 is 2.14 bits per heavy atom. The van der Waals surface area contributed by atoms with Gasteiger partial charge in [0.25, 0.3) is 0 Å². The fourth-order valence-corrected chi connectivity index (χ4v) is 2.67. The smallest absolute Gasteiger partial charge is 0.148 e. The van der Waals surface area contributed by atoms with Crippen LogP contribution in [0.2, 0.25) is 0 Å². The summed E-state index contributed by atoms with van der Waals surface area (Å²) in [5, 5.41) is 8.24. The summed E-state index contributed by atoms with van der Waals surface area (Å²) >= 11 is 1.82. The Balaban J connectivity index is 2.32. The molecule has 3 rings (SSSR count). The predicted molar refractivity (Wildman–Crippen MR) is 55.7 cm³/mol. The summed E-state index contributed by atoms with van der Waals surface area (Å²) in [7, 11) is 0. The van der Waals surface area contributed by atoms with Gasteiger partial charge in [0.05, 0.1) is 11.4 Å². The van der Waals surface area contributed by atoms with Gasteiger partial charge in [-0.1, -0.05) is 12.1 Å². The Labute approximate surface area is 86.2 Å². The van der Waals surface area contributed by atoms with Crippen LogP contribution in [0.1, 0.15) is 11.6 Å². The monoisotopic (exact) mass is 203 g/mol. The average Bonchev–Trinajstić information content (AvgIpc) is 2.61. The molecule has 0 fully saturated rings. The van der Waals surface area contributed by atoms with Gasteiger partial charge < -0.3 is 0 Å². The molecule has 0 radical (unpaired) electrons. The van der Waals surface area contributed by atoms with E-state index in [-0.39, 0.29) is 0 Å². The minimum absolute atomic E-state index is 0.915. The van der Waals surface area contributed by atoms with Crippen molar-refractivity contribution in [1.29, 1.82) is 0 Å². The van der Waals surface area contributed by atoms with Crippen molar-refractivity contribution in [2.24, 2.45) is 0 Å². The number of rotatable bonds is 0. The second-order valence-electron chi connectivity index (χ2n) is 3.26. The number of fused-ring (bicyclic) bond motifs is 3. The summed E-state index contributed by atoms with van der Waals surface area (Å²) in [5.74, 6) is 2.93. The van der Waals surface area contributed by atoms with Crippen LogP contribution in [0.5, 0.6) is 0 Å². The molecule has 14 heavy (non-hydrogen) atoms. The highest BCUT2D eigenvalue weighted by Gasteiger charge is 2.18. The third-order valence-corrected chi connectivity index (χ3v) is 3.41. The summed E-state index contributed by atoms with van der Waals surface area (Å²) in [6.07, 6.45) is 0. The minimum atomic E-state index is 0.915. The van der Waals surface area contributed by atoms with Crippen molar-refractivity contribution in [3.8, 4) is 5.69 Å². The molecular weight excluding hydrogens is 194 g/mol. The van der Waals surface area contributed by atoms with Crippen LogP contribution in [-0.4, -0.2) is 14.8 Å². The number of benzene rings is 1. The molecule has 2 aromatic rings. The van der Waals surface area contributed by atoms with E-state index in [0.29, 0.717) is 0 Å². The summed E-state index contributed by atoms with van der Waals surface area (Å²) in [6, 6.07) is 8.37. The minimum Gasteiger partial charge on any atom is -0.281 e. The molecule has 0 saturated carbocycles. The summed E-state index contributed by atoms with van der Waals surface area (Å²) < 4.78 is 2.13. The van der Waals surface area contributed by atoms with E-state index in [1.54, 1.807) is 0 Å². The zero-order valence-electron chi connectivity index (χ0n) is 7.77. The lowest BCUT2D eigenvalue weighted by Crippen LogP contribution is -2.07. The maximum absolute atomic E-state index is 4.15. The van der Waals surface area contributed by atoms with Crippen molar-refractivity contribution in [2.45, 2.75) is 17.6 Å². The molecule has 0 unspecified atom stereocenters. The Hall–Kier alpha value is -1.29. The van der Waals surface area contributed by atoms with Crippen LogP contribution in [0.25, 0.3) is 5.69 Å². The zero-order chi connectivity index (χ0) is 9.54. The highest BCUT2D eigenvalue weighted by atomic mass is 32.2. The molecular formula is C10H9N3S. The lowest BCUT2D eigenvalue weighted by atomic mass is 10.3. The largest absolute Gasteiger partial charge is 0.281 e. The highest BCUT2D eigenvalue weighted by molar-refractivity contribution is 7.98. The van der Waals surface area contributed by atoms with Gasteiger partial charge in [-0.15, -0.1) is 22.0 Å². The standard InChI is InChI=1S/C10H9N3S/c1-7-11-12-10-6-14-9-5-3-2-4-8(9)13(7)10/h2-5H,6H2,1H3. The molecule has 0 aliphatic carbocycles. The molecule has 0 saturated heterocycles. The van der Waals surface area contributed by atoms with Gasteiger partial charge in [0, 0.05) is 4.90 Å². The van der Waals surface area contributed by atoms with E-state index < -0.39 is 0 Å². The Morgan fingerprint density at radius 1 is 1.29 bits per heavy atom. The molecule has 3 nitrogen and oxygen atoms in total. The van der Waals surface area contributed by atoms with Crippen LogP contribution < -0.4 is 0 Å². The molecule has 0 N–H and O–H groups in total. The molecule has 2 heterocycles. The molecule has 0 atom stereocenters. The van der Waals surface area contributed by atoms with Crippen LogP contribution in [0.4, 0.5) is 0 Å². The Kier molecular flexibility index (Phi) is 1.64. The number of nitrogens with zero attached hydrogens (tertiary/aromatic N) is 3. The summed E-state index contributed by atoms with van der Waals surface area (Å²) in [5.41, 5.74) is 1.21. The molecule has 0 spiro atoms. The van der Waals surface area contributed by atoms with Gasteiger partial charge in [0.15, 0.2) is 0 Å². The lowest BCUT2D eigenvalue weighted by molar-refractivity contribution is 0.894. The number of para-hydroxylation sites is 1.